The van der Waals surface area contributed by atoms with Gasteiger partial charge in [0.1, 0.15) is 0 Å². The van der Waals surface area contributed by atoms with Gasteiger partial charge in [0, 0.05) is 37.6 Å². The molecule has 0 saturated carbocycles. The van der Waals surface area contributed by atoms with E-state index in [0.29, 0.717) is 18.4 Å². The molecule has 0 aromatic heterocycles. The van der Waals surface area contributed by atoms with Crippen molar-refractivity contribution in [2.24, 2.45) is 0 Å². The number of benzene rings is 1. The summed E-state index contributed by atoms with van der Waals surface area (Å²) in [7, 11) is 1.70. The molecule has 0 saturated heterocycles. The monoisotopic (exact) mass is 291 g/mol. The Labute approximate surface area is 121 Å². The third kappa shape index (κ3) is 6.48. The molecular formula is C14H23Cl2NO. The molecule has 0 heterocycles. The average molecular weight is 292 g/mol. The lowest BCUT2D eigenvalue weighted by Crippen LogP contribution is -2.27. The largest absolute Gasteiger partial charge is 0.380 e. The van der Waals surface area contributed by atoms with Gasteiger partial charge in [0.15, 0.2) is 0 Å². The molecule has 0 radical (unpaired) electrons. The van der Waals surface area contributed by atoms with Crippen molar-refractivity contribution in [2.45, 2.75) is 20.5 Å². The van der Waals surface area contributed by atoms with Crippen LogP contribution >= 0.6 is 23.2 Å². The van der Waals surface area contributed by atoms with E-state index < -0.39 is 0 Å². The summed E-state index contributed by atoms with van der Waals surface area (Å²) in [4.78, 5) is 2.18. The van der Waals surface area contributed by atoms with Gasteiger partial charge in [-0.3, -0.25) is 0 Å². The van der Waals surface area contributed by atoms with E-state index in [9.17, 15) is 0 Å². The van der Waals surface area contributed by atoms with E-state index in [2.05, 4.69) is 29.2 Å². The number of halogens is 2. The van der Waals surface area contributed by atoms with Crippen molar-refractivity contribution in [3.05, 3.63) is 29.8 Å². The van der Waals surface area contributed by atoms with E-state index in [1.54, 1.807) is 7.11 Å². The third-order valence-electron chi connectivity index (χ3n) is 2.32. The summed E-state index contributed by atoms with van der Waals surface area (Å²) in [5, 5.41) is 0. The number of anilines is 1. The number of hydrogen-bond donors (Lipinski definition) is 0. The van der Waals surface area contributed by atoms with Gasteiger partial charge in [-0.2, -0.15) is 0 Å². The van der Waals surface area contributed by atoms with Crippen LogP contribution in [0.5, 0.6) is 0 Å². The van der Waals surface area contributed by atoms with Crippen LogP contribution in [0.1, 0.15) is 19.4 Å². The van der Waals surface area contributed by atoms with Crippen LogP contribution in [0.15, 0.2) is 24.3 Å². The van der Waals surface area contributed by atoms with Gasteiger partial charge < -0.3 is 9.64 Å². The van der Waals surface area contributed by atoms with Crippen LogP contribution in [0, 0.1) is 0 Å². The van der Waals surface area contributed by atoms with Crippen LogP contribution in [0.4, 0.5) is 5.69 Å². The number of rotatable bonds is 7. The second-order valence-electron chi connectivity index (χ2n) is 3.46. The lowest BCUT2D eigenvalue weighted by molar-refractivity contribution is 0.185. The van der Waals surface area contributed by atoms with Crippen molar-refractivity contribution in [3.63, 3.8) is 0 Å². The van der Waals surface area contributed by atoms with E-state index in [1.807, 2.05) is 13.8 Å². The fourth-order valence-electron chi connectivity index (χ4n) is 1.54. The standard InChI is InChI=1S/C12H17Cl2NO.C2H6/c1-16-10-11-2-4-12(5-3-11)15(8-6-13)9-7-14;1-2/h2-5H,6-10H2,1H3;1-2H3. The summed E-state index contributed by atoms with van der Waals surface area (Å²) in [6.45, 7) is 6.28. The summed E-state index contributed by atoms with van der Waals surface area (Å²) >= 11 is 11.5. The second kappa shape index (κ2) is 11.6. The summed E-state index contributed by atoms with van der Waals surface area (Å²) in [6.07, 6.45) is 0. The summed E-state index contributed by atoms with van der Waals surface area (Å²) in [6, 6.07) is 8.28. The summed E-state index contributed by atoms with van der Waals surface area (Å²) in [5.74, 6) is 1.22. The molecule has 0 fully saturated rings. The highest BCUT2D eigenvalue weighted by molar-refractivity contribution is 6.18. The first-order valence-corrected chi connectivity index (χ1v) is 7.33. The zero-order chi connectivity index (χ0) is 13.8. The van der Waals surface area contributed by atoms with Crippen molar-refractivity contribution < 1.29 is 4.74 Å². The number of nitrogens with zero attached hydrogens (tertiary/aromatic N) is 1. The van der Waals surface area contributed by atoms with Crippen LogP contribution in [0.25, 0.3) is 0 Å². The van der Waals surface area contributed by atoms with Crippen LogP contribution < -0.4 is 4.90 Å². The van der Waals surface area contributed by atoms with Gasteiger partial charge in [-0.05, 0) is 17.7 Å². The van der Waals surface area contributed by atoms with Crippen molar-refractivity contribution in [1.82, 2.24) is 0 Å². The number of ether oxygens (including phenoxy) is 1. The molecule has 0 atom stereocenters. The van der Waals surface area contributed by atoms with Crippen molar-refractivity contribution >= 4 is 28.9 Å². The molecule has 0 aliphatic rings. The van der Waals surface area contributed by atoms with Gasteiger partial charge in [-0.25, -0.2) is 0 Å². The lowest BCUT2D eigenvalue weighted by atomic mass is 10.2. The molecule has 0 aliphatic heterocycles. The Bertz CT molecular complexity index is 284. The van der Waals surface area contributed by atoms with Crippen LogP contribution in [0.2, 0.25) is 0 Å². The van der Waals surface area contributed by atoms with E-state index in [-0.39, 0.29) is 0 Å². The lowest BCUT2D eigenvalue weighted by Gasteiger charge is -2.22. The smallest absolute Gasteiger partial charge is 0.0713 e. The average Bonchev–Trinajstić information content (AvgIpc) is 2.42. The fraction of sp³-hybridized carbons (Fsp3) is 0.571. The maximum atomic E-state index is 5.76. The normalized spacial score (nSPS) is 9.61. The topological polar surface area (TPSA) is 12.5 Å². The molecule has 0 aliphatic carbocycles. The zero-order valence-corrected chi connectivity index (χ0v) is 13.0. The predicted molar refractivity (Wildman–Crippen MR) is 82.2 cm³/mol. The molecule has 1 aromatic rings. The molecule has 1 rings (SSSR count). The molecule has 0 bridgehead atoms. The Balaban J connectivity index is 0.00000137. The van der Waals surface area contributed by atoms with Crippen LogP contribution in [0.3, 0.4) is 0 Å². The van der Waals surface area contributed by atoms with Gasteiger partial charge in [0.2, 0.25) is 0 Å². The molecule has 0 amide bonds. The maximum absolute atomic E-state index is 5.76. The molecule has 1 aromatic carbocycles. The fourth-order valence-corrected chi connectivity index (χ4v) is 1.95. The summed E-state index contributed by atoms with van der Waals surface area (Å²) < 4.78 is 5.07. The second-order valence-corrected chi connectivity index (χ2v) is 4.22. The molecule has 4 heteroatoms. The van der Waals surface area contributed by atoms with E-state index in [0.717, 1.165) is 18.8 Å². The minimum atomic E-state index is 0.608. The Kier molecular flexibility index (Phi) is 11.4. The van der Waals surface area contributed by atoms with Gasteiger partial charge in [0.25, 0.3) is 0 Å². The Hall–Kier alpha value is -0.440. The highest BCUT2D eigenvalue weighted by Gasteiger charge is 2.04. The van der Waals surface area contributed by atoms with Gasteiger partial charge >= 0.3 is 0 Å². The molecule has 0 N–H and O–H groups in total. The first-order valence-electron chi connectivity index (χ1n) is 6.26. The molecule has 2 nitrogen and oxygen atoms in total. The number of methoxy groups -OCH3 is 1. The molecule has 0 spiro atoms. The molecule has 18 heavy (non-hydrogen) atoms. The maximum Gasteiger partial charge on any atom is 0.0713 e. The minimum absolute atomic E-state index is 0.608. The SMILES string of the molecule is CC.COCc1ccc(N(CCCl)CCCl)cc1. The van der Waals surface area contributed by atoms with Crippen molar-refractivity contribution in [3.8, 4) is 0 Å². The highest BCUT2D eigenvalue weighted by Crippen LogP contribution is 2.15. The zero-order valence-electron chi connectivity index (χ0n) is 11.5. The summed E-state index contributed by atoms with van der Waals surface area (Å²) in [5.41, 5.74) is 2.32. The molecular weight excluding hydrogens is 269 g/mol. The third-order valence-corrected chi connectivity index (χ3v) is 2.66. The van der Waals surface area contributed by atoms with E-state index in [4.69, 9.17) is 27.9 Å². The van der Waals surface area contributed by atoms with E-state index in [1.165, 1.54) is 5.56 Å². The number of hydrogen-bond acceptors (Lipinski definition) is 2. The highest BCUT2D eigenvalue weighted by atomic mass is 35.5. The molecule has 104 valence electrons. The number of alkyl halides is 2. The Morgan fingerprint density at radius 1 is 1.00 bits per heavy atom. The van der Waals surface area contributed by atoms with Crippen molar-refractivity contribution in [1.29, 1.82) is 0 Å². The Morgan fingerprint density at radius 2 is 1.50 bits per heavy atom. The van der Waals surface area contributed by atoms with Gasteiger partial charge in [0.05, 0.1) is 6.61 Å². The van der Waals surface area contributed by atoms with Crippen molar-refractivity contribution in [2.75, 3.05) is 36.9 Å². The minimum Gasteiger partial charge on any atom is -0.380 e. The van der Waals surface area contributed by atoms with Gasteiger partial charge in [-0.15, -0.1) is 23.2 Å². The van der Waals surface area contributed by atoms with Crippen LogP contribution in [-0.4, -0.2) is 32.0 Å². The van der Waals surface area contributed by atoms with Gasteiger partial charge in [-0.1, -0.05) is 26.0 Å². The Morgan fingerprint density at radius 3 is 1.89 bits per heavy atom. The first-order chi connectivity index (χ1) is 8.81. The van der Waals surface area contributed by atoms with Crippen LogP contribution in [-0.2, 0) is 11.3 Å². The quantitative estimate of drug-likeness (QED) is 0.700. The molecule has 0 unspecified atom stereocenters. The predicted octanol–water partition coefficient (Wildman–Crippen LogP) is 4.14. The van der Waals surface area contributed by atoms with E-state index >= 15 is 0 Å². The first kappa shape index (κ1) is 17.6.